The molecular weight excluding hydrogens is 436 g/mol. The summed E-state index contributed by atoms with van der Waals surface area (Å²) >= 11 is 1.35. The van der Waals surface area contributed by atoms with E-state index >= 15 is 0 Å². The third-order valence-electron chi connectivity index (χ3n) is 6.14. The van der Waals surface area contributed by atoms with Crippen LogP contribution >= 0.6 is 11.3 Å². The van der Waals surface area contributed by atoms with Crippen molar-refractivity contribution in [2.45, 2.75) is 45.7 Å². The topological polar surface area (TPSA) is 86.0 Å². The number of rotatable bonds is 5. The molecule has 0 spiro atoms. The van der Waals surface area contributed by atoms with E-state index in [1.165, 1.54) is 39.9 Å². The predicted molar refractivity (Wildman–Crippen MR) is 131 cm³/mol. The Morgan fingerprint density at radius 3 is 2.67 bits per heavy atom. The lowest BCUT2D eigenvalue weighted by molar-refractivity contribution is -0.116. The smallest absolute Gasteiger partial charge is 0.300 e. The quantitative estimate of drug-likeness (QED) is 0.491. The molecule has 8 heteroatoms. The normalized spacial score (nSPS) is 13.1. The second-order valence-electron chi connectivity index (χ2n) is 8.21. The van der Waals surface area contributed by atoms with E-state index in [9.17, 15) is 14.4 Å². The molecule has 2 aromatic carbocycles. The molecule has 0 saturated carbocycles. The zero-order chi connectivity index (χ0) is 22.9. The summed E-state index contributed by atoms with van der Waals surface area (Å²) in [6.45, 7) is 1.77. The Labute approximate surface area is 194 Å². The number of para-hydroxylation sites is 1. The molecule has 1 amide bonds. The lowest BCUT2D eigenvalue weighted by Gasteiger charge is -2.16. The number of nitrogens with zero attached hydrogens (tertiary/aromatic N) is 3. The molecule has 0 fully saturated rings. The zero-order valence-corrected chi connectivity index (χ0v) is 19.2. The first-order chi connectivity index (χ1) is 16.0. The van der Waals surface area contributed by atoms with E-state index < -0.39 is 5.69 Å². The van der Waals surface area contributed by atoms with Gasteiger partial charge in [-0.05, 0) is 61.9 Å². The van der Waals surface area contributed by atoms with E-state index in [1.54, 1.807) is 31.2 Å². The summed E-state index contributed by atoms with van der Waals surface area (Å²) in [5.74, 6) is -0.366. The fourth-order valence-corrected chi connectivity index (χ4v) is 5.20. The molecule has 0 saturated heterocycles. The van der Waals surface area contributed by atoms with Crippen molar-refractivity contribution in [3.63, 3.8) is 0 Å². The van der Waals surface area contributed by atoms with Crippen LogP contribution in [0.15, 0.2) is 57.4 Å². The van der Waals surface area contributed by atoms with Gasteiger partial charge in [0.05, 0.1) is 16.6 Å². The Kier molecular flexibility index (Phi) is 5.68. The number of fused-ring (bicyclic) bond motifs is 2. The number of hydrogen-bond acceptors (Lipinski definition) is 5. The number of benzene rings is 2. The van der Waals surface area contributed by atoms with E-state index in [-0.39, 0.29) is 24.6 Å². The third kappa shape index (κ3) is 4.02. The van der Waals surface area contributed by atoms with Crippen LogP contribution < -0.4 is 16.6 Å². The van der Waals surface area contributed by atoms with Gasteiger partial charge in [-0.2, -0.15) is 0 Å². The number of amides is 1. The van der Waals surface area contributed by atoms with Crippen molar-refractivity contribution in [1.29, 1.82) is 0 Å². The van der Waals surface area contributed by atoms with Crippen LogP contribution in [-0.4, -0.2) is 20.0 Å². The standard InChI is InChI=1S/C25H24N4O3S/c1-2-28-23(31)19-9-5-6-10-21(19)29(25(28)32)14-22(30)27-24-26-20(15-33-24)18-12-11-16-7-3-4-8-17(16)13-18/h5-6,9-13,15H,2-4,7-8,14H2,1H3,(H,26,27,30). The van der Waals surface area contributed by atoms with Crippen molar-refractivity contribution in [3.05, 3.63) is 79.8 Å². The van der Waals surface area contributed by atoms with Crippen LogP contribution in [0.1, 0.15) is 30.9 Å². The molecule has 0 radical (unpaired) electrons. The van der Waals surface area contributed by atoms with Crippen molar-refractivity contribution < 1.29 is 4.79 Å². The van der Waals surface area contributed by atoms with Gasteiger partial charge in [-0.15, -0.1) is 11.3 Å². The highest BCUT2D eigenvalue weighted by atomic mass is 32.1. The number of hydrogen-bond donors (Lipinski definition) is 1. The third-order valence-corrected chi connectivity index (χ3v) is 6.90. The molecule has 1 N–H and O–H groups in total. The first-order valence-electron chi connectivity index (χ1n) is 11.1. The summed E-state index contributed by atoms with van der Waals surface area (Å²) < 4.78 is 2.49. The molecule has 7 nitrogen and oxygen atoms in total. The molecule has 2 heterocycles. The average Bonchev–Trinajstić information content (AvgIpc) is 3.30. The van der Waals surface area contributed by atoms with Gasteiger partial charge in [0.1, 0.15) is 6.54 Å². The Morgan fingerprint density at radius 2 is 1.85 bits per heavy atom. The lowest BCUT2D eigenvalue weighted by Crippen LogP contribution is -2.41. The monoisotopic (exact) mass is 460 g/mol. The van der Waals surface area contributed by atoms with Gasteiger partial charge in [0, 0.05) is 17.5 Å². The summed E-state index contributed by atoms with van der Waals surface area (Å²) in [6, 6.07) is 13.3. The first kappa shape index (κ1) is 21.3. The van der Waals surface area contributed by atoms with E-state index in [0.717, 1.165) is 28.7 Å². The first-order valence-corrected chi connectivity index (χ1v) is 12.0. The Bertz CT molecular complexity index is 1480. The molecule has 4 aromatic rings. The van der Waals surface area contributed by atoms with Gasteiger partial charge in [0.15, 0.2) is 5.13 Å². The maximum atomic E-state index is 12.9. The minimum Gasteiger partial charge on any atom is -0.300 e. The van der Waals surface area contributed by atoms with Crippen molar-refractivity contribution in [2.75, 3.05) is 5.32 Å². The molecular formula is C25H24N4O3S. The highest BCUT2D eigenvalue weighted by Gasteiger charge is 2.16. The van der Waals surface area contributed by atoms with Gasteiger partial charge in [-0.25, -0.2) is 9.78 Å². The second-order valence-corrected chi connectivity index (χ2v) is 9.07. The Hall–Kier alpha value is -3.52. The van der Waals surface area contributed by atoms with E-state index in [0.29, 0.717) is 16.0 Å². The van der Waals surface area contributed by atoms with Crippen LogP contribution in [0.3, 0.4) is 0 Å². The number of carbonyl (C=O) groups excluding carboxylic acids is 1. The van der Waals surface area contributed by atoms with Gasteiger partial charge in [0.25, 0.3) is 5.56 Å². The van der Waals surface area contributed by atoms with Crippen molar-refractivity contribution in [1.82, 2.24) is 14.1 Å². The van der Waals surface area contributed by atoms with Crippen LogP contribution in [0.25, 0.3) is 22.2 Å². The second kappa shape index (κ2) is 8.78. The summed E-state index contributed by atoms with van der Waals surface area (Å²) in [4.78, 5) is 42.8. The molecule has 1 aliphatic rings. The minimum absolute atomic E-state index is 0.201. The number of nitrogens with one attached hydrogen (secondary N) is 1. The van der Waals surface area contributed by atoms with Crippen molar-refractivity contribution in [3.8, 4) is 11.3 Å². The summed E-state index contributed by atoms with van der Waals surface area (Å²) in [6.07, 6.45) is 4.69. The van der Waals surface area contributed by atoms with Gasteiger partial charge < -0.3 is 5.32 Å². The van der Waals surface area contributed by atoms with Crippen LogP contribution in [0.4, 0.5) is 5.13 Å². The van der Waals surface area contributed by atoms with Gasteiger partial charge >= 0.3 is 5.69 Å². The lowest BCUT2D eigenvalue weighted by atomic mass is 9.90. The maximum absolute atomic E-state index is 12.9. The van der Waals surface area contributed by atoms with E-state index in [2.05, 4.69) is 28.5 Å². The zero-order valence-electron chi connectivity index (χ0n) is 18.3. The Morgan fingerprint density at radius 1 is 1.06 bits per heavy atom. The highest BCUT2D eigenvalue weighted by molar-refractivity contribution is 7.14. The summed E-state index contributed by atoms with van der Waals surface area (Å²) in [7, 11) is 0. The fourth-order valence-electron chi connectivity index (χ4n) is 4.46. The number of aryl methyl sites for hydroxylation is 2. The molecule has 0 unspecified atom stereocenters. The predicted octanol–water partition coefficient (Wildman–Crippen LogP) is 3.82. The Balaban J connectivity index is 1.39. The molecule has 1 aliphatic carbocycles. The molecule has 0 aliphatic heterocycles. The van der Waals surface area contributed by atoms with E-state index in [1.807, 2.05) is 5.38 Å². The van der Waals surface area contributed by atoms with Gasteiger partial charge in [-0.1, -0.05) is 24.3 Å². The summed E-state index contributed by atoms with van der Waals surface area (Å²) in [5.41, 5.74) is 4.28. The molecule has 2 aromatic heterocycles. The number of carbonyl (C=O) groups is 1. The van der Waals surface area contributed by atoms with Gasteiger partial charge in [0.2, 0.25) is 5.91 Å². The molecule has 0 bridgehead atoms. The molecule has 0 atom stereocenters. The number of aromatic nitrogens is 3. The SMILES string of the molecule is CCn1c(=O)c2ccccc2n(CC(=O)Nc2nc(-c3ccc4c(c3)CCCC4)cs2)c1=O. The molecule has 33 heavy (non-hydrogen) atoms. The average molecular weight is 461 g/mol. The van der Waals surface area contributed by atoms with Crippen molar-refractivity contribution >= 4 is 33.3 Å². The summed E-state index contributed by atoms with van der Waals surface area (Å²) in [5, 5.41) is 5.63. The van der Waals surface area contributed by atoms with Crippen molar-refractivity contribution in [2.24, 2.45) is 0 Å². The number of thiazole rings is 1. The van der Waals surface area contributed by atoms with E-state index in [4.69, 9.17) is 0 Å². The minimum atomic E-state index is -0.495. The molecule has 168 valence electrons. The van der Waals surface area contributed by atoms with Gasteiger partial charge in [-0.3, -0.25) is 18.7 Å². The van der Waals surface area contributed by atoms with Crippen LogP contribution in [0.2, 0.25) is 0 Å². The van der Waals surface area contributed by atoms with Crippen LogP contribution in [0, 0.1) is 0 Å². The number of anilines is 1. The van der Waals surface area contributed by atoms with Crippen LogP contribution in [0.5, 0.6) is 0 Å². The maximum Gasteiger partial charge on any atom is 0.331 e. The highest BCUT2D eigenvalue weighted by Crippen LogP contribution is 2.29. The fraction of sp³-hybridized carbons (Fsp3) is 0.280. The molecule has 5 rings (SSSR count). The van der Waals surface area contributed by atoms with Crippen LogP contribution in [-0.2, 0) is 30.7 Å². The largest absolute Gasteiger partial charge is 0.331 e.